The van der Waals surface area contributed by atoms with E-state index in [4.69, 9.17) is 4.74 Å². The Bertz CT molecular complexity index is 763. The molecule has 1 aromatic heterocycles. The minimum absolute atomic E-state index is 0.140. The zero-order valence-corrected chi connectivity index (χ0v) is 11.7. The lowest BCUT2D eigenvalue weighted by Gasteiger charge is -2.07. The summed E-state index contributed by atoms with van der Waals surface area (Å²) in [5.41, 5.74) is 1.94. The third kappa shape index (κ3) is 2.74. The van der Waals surface area contributed by atoms with Gasteiger partial charge in [0.1, 0.15) is 5.75 Å². The largest absolute Gasteiger partial charge is 0.497 e. The zero-order valence-electron chi connectivity index (χ0n) is 11.7. The molecular weight excluding hydrogens is 264 g/mol. The number of hydrogen-bond acceptors (Lipinski definition) is 2. The number of amides is 1. The highest BCUT2D eigenvalue weighted by atomic mass is 16.5. The molecule has 0 aliphatic heterocycles. The van der Waals surface area contributed by atoms with Gasteiger partial charge in [-0.2, -0.15) is 0 Å². The van der Waals surface area contributed by atoms with Crippen LogP contribution < -0.4 is 10.1 Å². The molecule has 0 bridgehead atoms. The Morgan fingerprint density at radius 3 is 2.71 bits per heavy atom. The van der Waals surface area contributed by atoms with E-state index in [1.165, 1.54) is 0 Å². The van der Waals surface area contributed by atoms with Crippen molar-refractivity contribution < 1.29 is 9.53 Å². The molecule has 1 N–H and O–H groups in total. The van der Waals surface area contributed by atoms with Gasteiger partial charge in [0.15, 0.2) is 0 Å². The van der Waals surface area contributed by atoms with E-state index in [-0.39, 0.29) is 6.03 Å². The molecule has 0 saturated carbocycles. The molecule has 3 aromatic rings. The number of aromatic nitrogens is 1. The van der Waals surface area contributed by atoms with Gasteiger partial charge in [0, 0.05) is 18.1 Å². The quantitative estimate of drug-likeness (QED) is 0.799. The maximum Gasteiger partial charge on any atom is 0.326 e. The van der Waals surface area contributed by atoms with Crippen molar-refractivity contribution >= 4 is 16.9 Å². The molecule has 4 nitrogen and oxygen atoms in total. The van der Waals surface area contributed by atoms with Crippen molar-refractivity contribution in [2.45, 2.75) is 6.54 Å². The summed E-state index contributed by atoms with van der Waals surface area (Å²) in [6.07, 6.45) is 1.77. The summed E-state index contributed by atoms with van der Waals surface area (Å²) in [5.74, 6) is 0.782. The Hall–Kier alpha value is -2.75. The Morgan fingerprint density at radius 1 is 1.14 bits per heavy atom. The van der Waals surface area contributed by atoms with Gasteiger partial charge in [-0.15, -0.1) is 0 Å². The number of ether oxygens (including phenoxy) is 1. The van der Waals surface area contributed by atoms with Crippen LogP contribution in [-0.2, 0) is 6.54 Å². The number of benzene rings is 2. The highest BCUT2D eigenvalue weighted by molar-refractivity contribution is 5.92. The number of hydrogen-bond donors (Lipinski definition) is 1. The van der Waals surface area contributed by atoms with Crippen molar-refractivity contribution in [1.82, 2.24) is 9.88 Å². The van der Waals surface area contributed by atoms with E-state index in [9.17, 15) is 4.79 Å². The van der Waals surface area contributed by atoms with Crippen LogP contribution >= 0.6 is 0 Å². The van der Waals surface area contributed by atoms with Gasteiger partial charge in [0.05, 0.1) is 12.6 Å². The first-order valence-corrected chi connectivity index (χ1v) is 6.75. The van der Waals surface area contributed by atoms with Gasteiger partial charge < -0.3 is 10.1 Å². The van der Waals surface area contributed by atoms with Gasteiger partial charge in [-0.05, 0) is 29.8 Å². The average molecular weight is 280 g/mol. The minimum atomic E-state index is -0.140. The monoisotopic (exact) mass is 280 g/mol. The highest BCUT2D eigenvalue weighted by Gasteiger charge is 2.09. The molecule has 0 spiro atoms. The van der Waals surface area contributed by atoms with Crippen molar-refractivity contribution in [2.24, 2.45) is 0 Å². The number of nitrogens with one attached hydrogen (secondary N) is 1. The number of carbonyl (C=O) groups is 1. The number of carbonyl (C=O) groups excluding carboxylic acids is 1. The Balaban J connectivity index is 1.78. The van der Waals surface area contributed by atoms with E-state index in [1.54, 1.807) is 17.9 Å². The second-order valence-electron chi connectivity index (χ2n) is 4.75. The van der Waals surface area contributed by atoms with Gasteiger partial charge in [-0.1, -0.05) is 30.3 Å². The zero-order chi connectivity index (χ0) is 14.7. The number of nitrogens with zero attached hydrogens (tertiary/aromatic N) is 1. The summed E-state index contributed by atoms with van der Waals surface area (Å²) in [6, 6.07) is 17.3. The fourth-order valence-electron chi connectivity index (χ4n) is 2.28. The third-order valence-electron chi connectivity index (χ3n) is 3.40. The molecule has 0 fully saturated rings. The molecule has 3 rings (SSSR count). The Kier molecular flexibility index (Phi) is 3.60. The molecule has 4 heteroatoms. The van der Waals surface area contributed by atoms with Crippen LogP contribution in [0.15, 0.2) is 60.8 Å². The molecule has 1 amide bonds. The van der Waals surface area contributed by atoms with E-state index >= 15 is 0 Å². The fraction of sp³-hybridized carbons (Fsp3) is 0.118. The first-order valence-electron chi connectivity index (χ1n) is 6.75. The van der Waals surface area contributed by atoms with E-state index in [2.05, 4.69) is 5.32 Å². The van der Waals surface area contributed by atoms with Crippen LogP contribution in [0.3, 0.4) is 0 Å². The van der Waals surface area contributed by atoms with Gasteiger partial charge in [-0.25, -0.2) is 4.79 Å². The molecule has 0 aliphatic carbocycles. The molecular formula is C17H16N2O2. The number of fused-ring (bicyclic) bond motifs is 1. The highest BCUT2D eigenvalue weighted by Crippen LogP contribution is 2.21. The van der Waals surface area contributed by atoms with Crippen LogP contribution in [-0.4, -0.2) is 17.7 Å². The van der Waals surface area contributed by atoms with E-state index < -0.39 is 0 Å². The maximum absolute atomic E-state index is 12.3. The van der Waals surface area contributed by atoms with Crippen LogP contribution in [0.5, 0.6) is 5.75 Å². The summed E-state index contributed by atoms with van der Waals surface area (Å²) in [4.78, 5) is 12.3. The van der Waals surface area contributed by atoms with Crippen molar-refractivity contribution in [3.63, 3.8) is 0 Å². The molecule has 0 unspecified atom stereocenters. The predicted molar refractivity (Wildman–Crippen MR) is 82.6 cm³/mol. The standard InChI is InChI=1S/C17H16N2O2/c1-21-15-7-8-16-14(11-15)9-10-19(16)17(20)18-12-13-5-3-2-4-6-13/h2-11H,12H2,1H3,(H,18,20). The normalized spacial score (nSPS) is 10.5. The molecule has 1 heterocycles. The molecule has 106 valence electrons. The lowest BCUT2D eigenvalue weighted by Crippen LogP contribution is -2.27. The van der Waals surface area contributed by atoms with Crippen LogP contribution in [0, 0.1) is 0 Å². The smallest absolute Gasteiger partial charge is 0.326 e. The SMILES string of the molecule is COc1ccc2c(ccn2C(=O)NCc2ccccc2)c1. The maximum atomic E-state index is 12.3. The Labute approximate surface area is 123 Å². The topological polar surface area (TPSA) is 43.3 Å². The second kappa shape index (κ2) is 5.71. The number of methoxy groups -OCH3 is 1. The van der Waals surface area contributed by atoms with E-state index in [0.717, 1.165) is 22.2 Å². The van der Waals surface area contributed by atoms with Crippen molar-refractivity contribution in [2.75, 3.05) is 7.11 Å². The lowest BCUT2D eigenvalue weighted by molar-refractivity contribution is 0.243. The number of rotatable bonds is 3. The molecule has 21 heavy (non-hydrogen) atoms. The third-order valence-corrected chi connectivity index (χ3v) is 3.40. The van der Waals surface area contributed by atoms with Crippen LogP contribution in [0.1, 0.15) is 5.56 Å². The molecule has 2 aromatic carbocycles. The van der Waals surface area contributed by atoms with Crippen molar-refractivity contribution in [1.29, 1.82) is 0 Å². The molecule has 0 atom stereocenters. The summed E-state index contributed by atoms with van der Waals surface area (Å²) in [5, 5.41) is 3.89. The summed E-state index contributed by atoms with van der Waals surface area (Å²) >= 11 is 0. The van der Waals surface area contributed by atoms with Gasteiger partial charge in [-0.3, -0.25) is 4.57 Å². The predicted octanol–water partition coefficient (Wildman–Crippen LogP) is 3.41. The van der Waals surface area contributed by atoms with Gasteiger partial charge in [0.2, 0.25) is 0 Å². The Morgan fingerprint density at radius 2 is 1.95 bits per heavy atom. The van der Waals surface area contributed by atoms with Crippen molar-refractivity contribution in [3.05, 3.63) is 66.4 Å². The van der Waals surface area contributed by atoms with Gasteiger partial charge in [0.25, 0.3) is 0 Å². The van der Waals surface area contributed by atoms with Crippen LogP contribution in [0.25, 0.3) is 10.9 Å². The van der Waals surface area contributed by atoms with E-state index in [0.29, 0.717) is 6.54 Å². The summed E-state index contributed by atoms with van der Waals surface area (Å²) in [6.45, 7) is 0.509. The first kappa shape index (κ1) is 13.2. The van der Waals surface area contributed by atoms with E-state index in [1.807, 2.05) is 54.6 Å². The van der Waals surface area contributed by atoms with Gasteiger partial charge >= 0.3 is 6.03 Å². The summed E-state index contributed by atoms with van der Waals surface area (Å²) in [7, 11) is 1.63. The average Bonchev–Trinajstić information content (AvgIpc) is 2.96. The minimum Gasteiger partial charge on any atom is -0.497 e. The van der Waals surface area contributed by atoms with Crippen LogP contribution in [0.4, 0.5) is 4.79 Å². The first-order chi connectivity index (χ1) is 10.3. The molecule has 0 radical (unpaired) electrons. The van der Waals surface area contributed by atoms with Crippen LogP contribution in [0.2, 0.25) is 0 Å². The fourth-order valence-corrected chi connectivity index (χ4v) is 2.28. The second-order valence-corrected chi connectivity index (χ2v) is 4.75. The molecule has 0 aliphatic rings. The lowest BCUT2D eigenvalue weighted by atomic mass is 10.2. The van der Waals surface area contributed by atoms with Crippen molar-refractivity contribution in [3.8, 4) is 5.75 Å². The molecule has 0 saturated heterocycles. The summed E-state index contributed by atoms with van der Waals surface area (Å²) < 4.78 is 6.80.